The lowest BCUT2D eigenvalue weighted by Gasteiger charge is -2.36. The Hall–Kier alpha value is -11.5. The number of rotatable bonds is 19. The molecule has 5 N–H and O–H groups in total. The number of hydrogen-bond donors (Lipinski definition) is 5. The number of hydrogen-bond acceptors (Lipinski definition) is 13. The van der Waals surface area contributed by atoms with E-state index in [1.807, 2.05) is 87.5 Å². The lowest BCUT2D eigenvalue weighted by atomic mass is 9.84. The summed E-state index contributed by atoms with van der Waals surface area (Å²) >= 11 is 5.92. The van der Waals surface area contributed by atoms with Gasteiger partial charge in [0.25, 0.3) is 6.47 Å². The minimum Gasteiger partial charge on any atom is -0.444 e. The Balaban J connectivity index is 0.000000155. The number of ketones is 2. The number of nitrogens with two attached hydrogens (primary N) is 1. The summed E-state index contributed by atoms with van der Waals surface area (Å²) in [6, 6.07) is 86.6. The van der Waals surface area contributed by atoms with Crippen LogP contribution in [0.4, 0.5) is 20.1 Å². The SMILES string of the molecule is CC(C)(C)OC(=O)N[C@@H](CS)C(=O)Cc1ccc2ccc3cccc4ccc1c2c34.CC(C)(C)OC(=O)N[C@@H](CSC(c1ccccc1)(c1ccccc1)c1ccccc1)C(=O)Cc1ccc2ccc3cccc4ccc1c2c34.CC[C@H](NC(=O)OC(C)(C)C)OC=O.Nc1ccc2ccc3cccc4ccc1c2c34. The summed E-state index contributed by atoms with van der Waals surface area (Å²) < 4.78 is 19.9. The molecule has 0 fully saturated rings. The summed E-state index contributed by atoms with van der Waals surface area (Å²) in [6.07, 6.45) is -1.54. The van der Waals surface area contributed by atoms with Gasteiger partial charge >= 0.3 is 18.3 Å². The monoisotopic (exact) mass is 1500 g/mol. The molecule has 15 aromatic carbocycles. The fourth-order valence-corrected chi connectivity index (χ4v) is 16.2. The minimum atomic E-state index is -0.811. The average Bonchev–Trinajstić information content (AvgIpc) is 0.754. The Morgan fingerprint density at radius 1 is 0.391 bits per heavy atom. The van der Waals surface area contributed by atoms with Gasteiger partial charge in [-0.05, 0) is 188 Å². The van der Waals surface area contributed by atoms with Gasteiger partial charge in [0, 0.05) is 41.8 Å². The molecule has 110 heavy (non-hydrogen) atoms. The second-order valence-electron chi connectivity index (χ2n) is 30.4. The molecule has 0 aliphatic carbocycles. The number of nitrogens with one attached hydrogen (secondary N) is 3. The number of carbonyl (C=O) groups excluding carboxylic acids is 6. The van der Waals surface area contributed by atoms with E-state index in [9.17, 15) is 28.8 Å². The third-order valence-electron chi connectivity index (χ3n) is 19.1. The van der Waals surface area contributed by atoms with Crippen molar-refractivity contribution >= 4 is 163 Å². The van der Waals surface area contributed by atoms with E-state index in [-0.39, 0.29) is 30.2 Å². The summed E-state index contributed by atoms with van der Waals surface area (Å²) in [7, 11) is 0. The summed E-state index contributed by atoms with van der Waals surface area (Å²) in [5, 5.41) is 29.6. The lowest BCUT2D eigenvalue weighted by molar-refractivity contribution is -0.135. The normalized spacial score (nSPS) is 12.7. The zero-order chi connectivity index (χ0) is 78.1. The first-order valence-electron chi connectivity index (χ1n) is 37.0. The van der Waals surface area contributed by atoms with Gasteiger partial charge in [-0.3, -0.25) is 19.7 Å². The fourth-order valence-electron chi connectivity index (χ4n) is 14.3. The molecule has 0 bridgehead atoms. The molecule has 0 aliphatic rings. The topological polar surface area (TPSA) is 201 Å². The van der Waals surface area contributed by atoms with Crippen molar-refractivity contribution in [2.75, 3.05) is 17.2 Å². The number of carbonyl (C=O) groups is 6. The van der Waals surface area contributed by atoms with Crippen LogP contribution in [0.3, 0.4) is 0 Å². The summed E-state index contributed by atoms with van der Waals surface area (Å²) in [4.78, 5) is 74.1. The molecular formula is C94H92N4O10S2. The number of thioether (sulfide) groups is 1. The molecule has 14 nitrogen and oxygen atoms in total. The third-order valence-corrected chi connectivity index (χ3v) is 21.2. The van der Waals surface area contributed by atoms with Crippen LogP contribution < -0.4 is 21.7 Å². The van der Waals surface area contributed by atoms with E-state index in [1.54, 1.807) is 60.2 Å². The van der Waals surface area contributed by atoms with Gasteiger partial charge in [0.05, 0.1) is 10.8 Å². The first-order valence-corrected chi connectivity index (χ1v) is 38.6. The molecule has 3 amide bonds. The van der Waals surface area contributed by atoms with Crippen LogP contribution in [0.5, 0.6) is 0 Å². The van der Waals surface area contributed by atoms with Gasteiger partial charge < -0.3 is 35.3 Å². The van der Waals surface area contributed by atoms with Crippen LogP contribution in [0, 0.1) is 0 Å². The number of amides is 3. The van der Waals surface area contributed by atoms with Crippen LogP contribution in [0.2, 0.25) is 0 Å². The lowest BCUT2D eigenvalue weighted by Crippen LogP contribution is -2.46. The number of nitrogen functional groups attached to an aromatic ring is 1. The van der Waals surface area contributed by atoms with Crippen molar-refractivity contribution in [3.05, 3.63) is 283 Å². The van der Waals surface area contributed by atoms with E-state index in [4.69, 9.17) is 19.9 Å². The molecule has 0 heterocycles. The maximum atomic E-state index is 14.5. The maximum Gasteiger partial charge on any atom is 0.410 e. The zero-order valence-corrected chi connectivity index (χ0v) is 65.3. The summed E-state index contributed by atoms with van der Waals surface area (Å²) in [5.74, 6) is 0.370. The number of alkyl carbamates (subject to hydrolysis) is 3. The highest BCUT2D eigenvalue weighted by Gasteiger charge is 2.39. The van der Waals surface area contributed by atoms with Crippen molar-refractivity contribution in [3.8, 4) is 0 Å². The number of ether oxygens (including phenoxy) is 4. The molecule has 560 valence electrons. The number of thiol groups is 1. The maximum absolute atomic E-state index is 14.5. The number of anilines is 1. The van der Waals surface area contributed by atoms with E-state index >= 15 is 0 Å². The molecule has 0 radical (unpaired) electrons. The zero-order valence-electron chi connectivity index (χ0n) is 63.6. The van der Waals surface area contributed by atoms with Gasteiger partial charge in [-0.25, -0.2) is 14.4 Å². The molecule has 0 aromatic heterocycles. The minimum absolute atomic E-state index is 0.0727. The van der Waals surface area contributed by atoms with Gasteiger partial charge in [0.15, 0.2) is 17.8 Å². The molecule has 0 saturated carbocycles. The second kappa shape index (κ2) is 33.6. The van der Waals surface area contributed by atoms with Crippen LogP contribution >= 0.6 is 24.4 Å². The molecule has 0 saturated heterocycles. The van der Waals surface area contributed by atoms with Crippen molar-refractivity contribution in [1.82, 2.24) is 16.0 Å². The van der Waals surface area contributed by atoms with E-state index < -0.39 is 58.1 Å². The highest BCUT2D eigenvalue weighted by Crippen LogP contribution is 2.49. The first kappa shape index (κ1) is 78.1. The number of Topliss-reactive ketones (excluding diaryl/α,β-unsaturated/α-hetero) is 2. The van der Waals surface area contributed by atoms with Crippen molar-refractivity contribution in [2.24, 2.45) is 0 Å². The van der Waals surface area contributed by atoms with E-state index in [2.05, 4.69) is 221 Å². The van der Waals surface area contributed by atoms with E-state index in [0.717, 1.165) is 60.4 Å². The van der Waals surface area contributed by atoms with Crippen LogP contribution in [-0.4, -0.2) is 82.9 Å². The fraction of sp³-hybridized carbons (Fsp3) is 0.234. The van der Waals surface area contributed by atoms with Gasteiger partial charge in [0.2, 0.25) is 0 Å². The van der Waals surface area contributed by atoms with Crippen LogP contribution in [0.1, 0.15) is 103 Å². The second-order valence-corrected chi connectivity index (χ2v) is 32.0. The highest BCUT2D eigenvalue weighted by atomic mass is 32.2. The molecule has 15 rings (SSSR count). The van der Waals surface area contributed by atoms with Gasteiger partial charge in [-0.1, -0.05) is 256 Å². The third kappa shape index (κ3) is 18.0. The molecule has 3 atom stereocenters. The highest BCUT2D eigenvalue weighted by molar-refractivity contribution is 8.00. The quantitative estimate of drug-likeness (QED) is 0.00977. The van der Waals surface area contributed by atoms with Crippen molar-refractivity contribution in [3.63, 3.8) is 0 Å². The molecule has 16 heteroatoms. The van der Waals surface area contributed by atoms with Crippen molar-refractivity contribution in [1.29, 1.82) is 0 Å². The average molecular weight is 1500 g/mol. The summed E-state index contributed by atoms with van der Waals surface area (Å²) in [5.41, 5.74) is 10.2. The predicted octanol–water partition coefficient (Wildman–Crippen LogP) is 21.4. The Bertz CT molecular complexity index is 5620. The summed E-state index contributed by atoms with van der Waals surface area (Å²) in [6.45, 7) is 18.2. The van der Waals surface area contributed by atoms with Crippen LogP contribution in [0.25, 0.3) is 97.0 Å². The molecule has 0 spiro atoms. The largest absolute Gasteiger partial charge is 0.444 e. The van der Waals surface area contributed by atoms with Crippen molar-refractivity contribution in [2.45, 2.75) is 128 Å². The van der Waals surface area contributed by atoms with Gasteiger partial charge in [0.1, 0.15) is 22.8 Å². The predicted molar refractivity (Wildman–Crippen MR) is 455 cm³/mol. The Morgan fingerprint density at radius 3 is 1.05 bits per heavy atom. The van der Waals surface area contributed by atoms with Gasteiger partial charge in [-0.15, -0.1) is 11.8 Å². The van der Waals surface area contributed by atoms with E-state index in [1.165, 1.54) is 70.0 Å². The molecule has 0 unspecified atom stereocenters. The standard InChI is InChI=1S/C44H39NO3S.C25H25NO3S.C16H11N.C9H17NO4/c1-43(2,3)48-42(47)45-38(39(46)28-33-25-24-32-23-22-30-14-13-15-31-26-27-37(33)41(32)40(30)31)29-49-44(34-16-7-4-8-17-34,35-18-9-5-10-19-35)36-20-11-6-12-21-36;1-25(2,3)29-24(28)26-20(14-30)21(27)13-18-10-9-17-8-7-15-5-4-6-16-11-12-19(18)23(17)22(15)16;17-14-9-7-12-5-4-10-2-1-3-11-6-8-13(14)16(12)15(10)11;1-5-7(13-6-11)10-8(12)14-9(2,3)4/h4-27,38H,28-29H2,1-3H3,(H,45,47);4-12,20,30H,13-14H2,1-3H3,(H,26,28);1-9H,17H2;6-7H,5H2,1-4H3,(H,10,12)/t38-;20-;;7-/m00.1/s1. The molecule has 0 aliphatic heterocycles. The number of benzene rings is 15. The van der Waals surface area contributed by atoms with Crippen LogP contribution in [0.15, 0.2) is 255 Å². The van der Waals surface area contributed by atoms with Crippen LogP contribution in [-0.2, 0) is 50.9 Å². The smallest absolute Gasteiger partial charge is 0.410 e. The van der Waals surface area contributed by atoms with E-state index in [0.29, 0.717) is 18.6 Å². The van der Waals surface area contributed by atoms with Gasteiger partial charge in [-0.2, -0.15) is 12.6 Å². The Kier molecular flexibility index (Phi) is 23.9. The Labute approximate surface area is 651 Å². The first-order chi connectivity index (χ1) is 52.7. The molecular weight excluding hydrogens is 1410 g/mol. The Morgan fingerprint density at radius 2 is 0.700 bits per heavy atom. The van der Waals surface area contributed by atoms with Crippen molar-refractivity contribution < 1.29 is 47.7 Å². The molecule has 15 aromatic rings.